The largest absolute Gasteiger partial charge is 0.329 e. The molecule has 1 heterocycles. The van der Waals surface area contributed by atoms with E-state index < -0.39 is 0 Å². The van der Waals surface area contributed by atoms with Gasteiger partial charge in [-0.3, -0.25) is 9.59 Å². The van der Waals surface area contributed by atoms with Crippen LogP contribution in [0.4, 0.5) is 11.4 Å². The molecule has 1 aromatic rings. The Morgan fingerprint density at radius 2 is 2.25 bits per heavy atom. The molecule has 0 spiro atoms. The van der Waals surface area contributed by atoms with Crippen molar-refractivity contribution in [3.63, 3.8) is 0 Å². The van der Waals surface area contributed by atoms with Crippen LogP contribution in [0.5, 0.6) is 0 Å². The summed E-state index contributed by atoms with van der Waals surface area (Å²) in [6.07, 6.45) is 1.96. The third-order valence-corrected chi connectivity index (χ3v) is 2.82. The lowest BCUT2D eigenvalue weighted by atomic mass is 10.0. The lowest BCUT2D eigenvalue weighted by Crippen LogP contribution is -2.34. The Morgan fingerprint density at radius 1 is 1.44 bits per heavy atom. The molecule has 4 nitrogen and oxygen atoms in total. The first-order chi connectivity index (χ1) is 7.76. The molecule has 4 heteroatoms. The molecule has 1 N–H and O–H groups in total. The second-order valence-electron chi connectivity index (χ2n) is 3.74. The first kappa shape index (κ1) is 10.7. The first-order valence-corrected chi connectivity index (χ1v) is 5.39. The number of carbonyl (C=O) groups excluding carboxylic acids is 2. The van der Waals surface area contributed by atoms with Crippen LogP contribution in [-0.2, 0) is 16.0 Å². The summed E-state index contributed by atoms with van der Waals surface area (Å²) in [6.45, 7) is 2.65. The van der Waals surface area contributed by atoms with Gasteiger partial charge in [0.15, 0.2) is 0 Å². The van der Waals surface area contributed by atoms with Crippen LogP contribution in [0.2, 0.25) is 0 Å². The Labute approximate surface area is 94.2 Å². The average Bonchev–Trinajstić information content (AvgIpc) is 2.30. The number of anilines is 2. The minimum absolute atomic E-state index is 0.172. The molecule has 84 valence electrons. The van der Waals surface area contributed by atoms with Gasteiger partial charge in [-0.05, 0) is 37.1 Å². The average molecular weight is 218 g/mol. The topological polar surface area (TPSA) is 49.4 Å². The zero-order chi connectivity index (χ0) is 11.5. The number of amides is 2. The van der Waals surface area contributed by atoms with Crippen LogP contribution >= 0.6 is 0 Å². The number of nitrogens with zero attached hydrogens (tertiary/aromatic N) is 1. The minimum Gasteiger partial charge on any atom is -0.329 e. The van der Waals surface area contributed by atoms with Crippen LogP contribution < -0.4 is 10.2 Å². The summed E-state index contributed by atoms with van der Waals surface area (Å²) in [4.78, 5) is 23.8. The highest BCUT2D eigenvalue weighted by Gasteiger charge is 2.22. The van der Waals surface area contributed by atoms with Crippen molar-refractivity contribution in [3.05, 3.63) is 23.8 Å². The van der Waals surface area contributed by atoms with Crippen molar-refractivity contribution >= 4 is 23.7 Å². The number of nitrogens with one attached hydrogen (secondary N) is 1. The molecule has 0 saturated heterocycles. The van der Waals surface area contributed by atoms with Gasteiger partial charge in [0.05, 0.1) is 0 Å². The summed E-state index contributed by atoms with van der Waals surface area (Å²) in [6, 6.07) is 5.63. The second-order valence-corrected chi connectivity index (χ2v) is 3.74. The molecule has 0 atom stereocenters. The third-order valence-electron chi connectivity index (χ3n) is 2.82. The van der Waals surface area contributed by atoms with Gasteiger partial charge >= 0.3 is 0 Å². The van der Waals surface area contributed by atoms with Crippen molar-refractivity contribution in [2.24, 2.45) is 0 Å². The highest BCUT2D eigenvalue weighted by Crippen LogP contribution is 2.29. The SMILES string of the molecule is CCN1C(=O)CCc2cc(NC=O)ccc21. The quantitative estimate of drug-likeness (QED) is 0.782. The van der Waals surface area contributed by atoms with Gasteiger partial charge in [0.25, 0.3) is 0 Å². The molecule has 16 heavy (non-hydrogen) atoms. The molecule has 0 radical (unpaired) electrons. The summed E-state index contributed by atoms with van der Waals surface area (Å²) in [5.74, 6) is 0.172. The molecule has 1 aliphatic heterocycles. The Hall–Kier alpha value is -1.84. The van der Waals surface area contributed by atoms with Crippen molar-refractivity contribution < 1.29 is 9.59 Å². The number of aryl methyl sites for hydroxylation is 1. The fourth-order valence-electron chi connectivity index (χ4n) is 2.06. The Kier molecular flexibility index (Phi) is 2.90. The fourth-order valence-corrected chi connectivity index (χ4v) is 2.06. The molecule has 2 amide bonds. The van der Waals surface area contributed by atoms with Crippen LogP contribution in [0.25, 0.3) is 0 Å². The maximum Gasteiger partial charge on any atom is 0.227 e. The smallest absolute Gasteiger partial charge is 0.227 e. The van der Waals surface area contributed by atoms with E-state index in [-0.39, 0.29) is 5.91 Å². The fraction of sp³-hybridized carbons (Fsp3) is 0.333. The van der Waals surface area contributed by atoms with Gasteiger partial charge in [0.2, 0.25) is 12.3 Å². The van der Waals surface area contributed by atoms with E-state index in [2.05, 4.69) is 5.32 Å². The molecule has 0 unspecified atom stereocenters. The number of hydrogen-bond acceptors (Lipinski definition) is 2. The van der Waals surface area contributed by atoms with Gasteiger partial charge in [-0.2, -0.15) is 0 Å². The molecule has 1 aliphatic rings. The van der Waals surface area contributed by atoms with Gasteiger partial charge in [0.1, 0.15) is 0 Å². The summed E-state index contributed by atoms with van der Waals surface area (Å²) in [5, 5.41) is 2.62. The van der Waals surface area contributed by atoms with E-state index in [4.69, 9.17) is 0 Å². The third kappa shape index (κ3) is 1.78. The van der Waals surface area contributed by atoms with Gasteiger partial charge in [-0.1, -0.05) is 0 Å². The summed E-state index contributed by atoms with van der Waals surface area (Å²) < 4.78 is 0. The number of fused-ring (bicyclic) bond motifs is 1. The molecule has 2 rings (SSSR count). The van der Waals surface area contributed by atoms with E-state index >= 15 is 0 Å². The summed E-state index contributed by atoms with van der Waals surface area (Å²) >= 11 is 0. The monoisotopic (exact) mass is 218 g/mol. The Morgan fingerprint density at radius 3 is 2.94 bits per heavy atom. The lowest BCUT2D eigenvalue weighted by Gasteiger charge is -2.28. The maximum atomic E-state index is 11.7. The van der Waals surface area contributed by atoms with Crippen LogP contribution in [0.1, 0.15) is 18.9 Å². The zero-order valence-corrected chi connectivity index (χ0v) is 9.19. The van der Waals surface area contributed by atoms with Crippen molar-refractivity contribution in [1.82, 2.24) is 0 Å². The molecule has 0 fully saturated rings. The molecule has 1 aromatic carbocycles. The Balaban J connectivity index is 2.37. The molecule has 0 saturated carbocycles. The predicted molar refractivity (Wildman–Crippen MR) is 62.5 cm³/mol. The van der Waals surface area contributed by atoms with E-state index in [9.17, 15) is 9.59 Å². The van der Waals surface area contributed by atoms with Gasteiger partial charge in [-0.15, -0.1) is 0 Å². The number of hydrogen-bond donors (Lipinski definition) is 1. The second kappa shape index (κ2) is 4.35. The number of rotatable bonds is 3. The molecular weight excluding hydrogens is 204 g/mol. The number of benzene rings is 1. The first-order valence-electron chi connectivity index (χ1n) is 5.39. The maximum absolute atomic E-state index is 11.7. The van der Waals surface area contributed by atoms with E-state index in [1.807, 2.05) is 25.1 Å². The van der Waals surface area contributed by atoms with E-state index in [1.54, 1.807) is 4.90 Å². The molecule has 0 aromatic heterocycles. The van der Waals surface area contributed by atoms with Crippen molar-refractivity contribution in [3.8, 4) is 0 Å². The Bertz CT molecular complexity index is 429. The van der Waals surface area contributed by atoms with Crippen LogP contribution in [0.3, 0.4) is 0 Å². The van der Waals surface area contributed by atoms with Crippen molar-refractivity contribution in [1.29, 1.82) is 0 Å². The van der Waals surface area contributed by atoms with Gasteiger partial charge < -0.3 is 10.2 Å². The standard InChI is InChI=1S/C12H14N2O2/c1-2-14-11-5-4-10(13-8-15)7-9(11)3-6-12(14)16/h4-5,7-8H,2-3,6H2,1H3,(H,13,15). The van der Waals surface area contributed by atoms with E-state index in [0.29, 0.717) is 19.4 Å². The summed E-state index contributed by atoms with van der Waals surface area (Å²) in [7, 11) is 0. The van der Waals surface area contributed by atoms with Crippen LogP contribution in [0.15, 0.2) is 18.2 Å². The normalized spacial score (nSPS) is 14.6. The zero-order valence-electron chi connectivity index (χ0n) is 9.19. The predicted octanol–water partition coefficient (Wildman–Crippen LogP) is 1.55. The highest BCUT2D eigenvalue weighted by atomic mass is 16.2. The van der Waals surface area contributed by atoms with Gasteiger partial charge in [0, 0.05) is 24.3 Å². The molecule has 0 bridgehead atoms. The number of carbonyl (C=O) groups is 2. The molecule has 0 aliphatic carbocycles. The van der Waals surface area contributed by atoms with Crippen molar-refractivity contribution in [2.45, 2.75) is 19.8 Å². The summed E-state index contributed by atoms with van der Waals surface area (Å²) in [5.41, 5.74) is 2.86. The van der Waals surface area contributed by atoms with E-state index in [1.165, 1.54) is 0 Å². The molecular formula is C12H14N2O2. The highest BCUT2D eigenvalue weighted by molar-refractivity contribution is 5.96. The lowest BCUT2D eigenvalue weighted by molar-refractivity contribution is -0.118. The van der Waals surface area contributed by atoms with Crippen LogP contribution in [0, 0.1) is 0 Å². The van der Waals surface area contributed by atoms with Gasteiger partial charge in [-0.25, -0.2) is 0 Å². The van der Waals surface area contributed by atoms with E-state index in [0.717, 1.165) is 23.4 Å². The minimum atomic E-state index is 0.172. The van der Waals surface area contributed by atoms with Crippen molar-refractivity contribution in [2.75, 3.05) is 16.8 Å². The van der Waals surface area contributed by atoms with Crippen LogP contribution in [-0.4, -0.2) is 18.9 Å².